The molecule has 17 heavy (non-hydrogen) atoms. The van der Waals surface area contributed by atoms with E-state index in [0.29, 0.717) is 16.4 Å². The molecule has 0 aliphatic carbocycles. The second kappa shape index (κ2) is 4.63. The van der Waals surface area contributed by atoms with Gasteiger partial charge in [0.25, 0.3) is 0 Å². The first-order valence-corrected chi connectivity index (χ1v) is 5.53. The van der Waals surface area contributed by atoms with E-state index in [-0.39, 0.29) is 5.82 Å². The molecule has 0 amide bonds. The summed E-state index contributed by atoms with van der Waals surface area (Å²) in [5, 5.41) is 3.73. The van der Waals surface area contributed by atoms with Crippen molar-refractivity contribution in [1.82, 2.24) is 0 Å². The van der Waals surface area contributed by atoms with Gasteiger partial charge in [0, 0.05) is 10.7 Å². The normalized spacial score (nSPS) is 10.3. The van der Waals surface area contributed by atoms with Gasteiger partial charge in [0.1, 0.15) is 5.82 Å². The predicted octanol–water partition coefficient (Wildman–Crippen LogP) is 4.11. The van der Waals surface area contributed by atoms with Crippen molar-refractivity contribution in [3.8, 4) is 0 Å². The summed E-state index contributed by atoms with van der Waals surface area (Å²) in [6.45, 7) is 1.89. The molecule has 0 aliphatic rings. The van der Waals surface area contributed by atoms with Gasteiger partial charge in [-0.2, -0.15) is 0 Å². The molecule has 0 fully saturated rings. The summed E-state index contributed by atoms with van der Waals surface area (Å²) in [5.41, 5.74) is 8.51. The highest BCUT2D eigenvalue weighted by molar-refractivity contribution is 6.31. The monoisotopic (exact) mass is 250 g/mol. The number of anilines is 3. The lowest BCUT2D eigenvalue weighted by atomic mass is 10.2. The van der Waals surface area contributed by atoms with Crippen LogP contribution in [-0.4, -0.2) is 0 Å². The quantitative estimate of drug-likeness (QED) is 0.787. The smallest absolute Gasteiger partial charge is 0.125 e. The average Bonchev–Trinajstić information content (AvgIpc) is 2.30. The SMILES string of the molecule is Cc1c(Cl)cccc1Nc1cc(F)ccc1N. The van der Waals surface area contributed by atoms with Gasteiger partial charge in [-0.3, -0.25) is 0 Å². The summed E-state index contributed by atoms with van der Waals surface area (Å²) in [5.74, 6) is -0.332. The van der Waals surface area contributed by atoms with Crippen LogP contribution in [0.4, 0.5) is 21.5 Å². The molecule has 0 saturated heterocycles. The van der Waals surface area contributed by atoms with Gasteiger partial charge in [-0.25, -0.2) is 4.39 Å². The van der Waals surface area contributed by atoms with E-state index in [9.17, 15) is 4.39 Å². The van der Waals surface area contributed by atoms with Gasteiger partial charge < -0.3 is 11.1 Å². The largest absolute Gasteiger partial charge is 0.397 e. The Balaban J connectivity index is 2.38. The molecule has 2 aromatic rings. The highest BCUT2D eigenvalue weighted by atomic mass is 35.5. The van der Waals surface area contributed by atoms with Gasteiger partial charge in [-0.15, -0.1) is 0 Å². The zero-order valence-electron chi connectivity index (χ0n) is 9.30. The summed E-state index contributed by atoms with van der Waals surface area (Å²) in [6, 6.07) is 9.70. The maximum atomic E-state index is 13.1. The van der Waals surface area contributed by atoms with E-state index in [0.717, 1.165) is 11.3 Å². The molecule has 2 rings (SSSR count). The minimum atomic E-state index is -0.332. The third-order valence-corrected chi connectivity index (χ3v) is 2.96. The molecule has 0 saturated carbocycles. The molecule has 88 valence electrons. The fourth-order valence-corrected chi connectivity index (χ4v) is 1.70. The molecular formula is C13H12ClFN2. The molecule has 0 aromatic heterocycles. The van der Waals surface area contributed by atoms with Crippen molar-refractivity contribution in [2.75, 3.05) is 11.1 Å². The predicted molar refractivity (Wildman–Crippen MR) is 70.3 cm³/mol. The van der Waals surface area contributed by atoms with Crippen LogP contribution >= 0.6 is 11.6 Å². The van der Waals surface area contributed by atoms with Gasteiger partial charge in [0.05, 0.1) is 11.4 Å². The number of hydrogen-bond acceptors (Lipinski definition) is 2. The summed E-state index contributed by atoms with van der Waals surface area (Å²) < 4.78 is 13.1. The minimum Gasteiger partial charge on any atom is -0.397 e. The van der Waals surface area contributed by atoms with Crippen molar-refractivity contribution in [1.29, 1.82) is 0 Å². The second-order valence-corrected chi connectivity index (χ2v) is 4.18. The van der Waals surface area contributed by atoms with E-state index in [1.54, 1.807) is 6.07 Å². The van der Waals surface area contributed by atoms with Crippen LogP contribution in [0, 0.1) is 12.7 Å². The third-order valence-electron chi connectivity index (χ3n) is 2.55. The van der Waals surface area contributed by atoms with Crippen LogP contribution in [0.25, 0.3) is 0 Å². The standard InChI is InChI=1S/C13H12ClFN2/c1-8-10(14)3-2-4-12(8)17-13-7-9(15)5-6-11(13)16/h2-7,17H,16H2,1H3. The van der Waals surface area contributed by atoms with Crippen LogP contribution < -0.4 is 11.1 Å². The van der Waals surface area contributed by atoms with Gasteiger partial charge in [-0.05, 0) is 42.8 Å². The van der Waals surface area contributed by atoms with Crippen molar-refractivity contribution in [3.63, 3.8) is 0 Å². The molecule has 0 unspecified atom stereocenters. The Kier molecular flexibility index (Phi) is 3.20. The zero-order valence-corrected chi connectivity index (χ0v) is 10.1. The molecule has 0 atom stereocenters. The number of nitrogen functional groups attached to an aromatic ring is 1. The van der Waals surface area contributed by atoms with Gasteiger partial charge in [-0.1, -0.05) is 17.7 Å². The van der Waals surface area contributed by atoms with Crippen LogP contribution in [0.1, 0.15) is 5.56 Å². The molecule has 2 nitrogen and oxygen atoms in total. The number of rotatable bonds is 2. The first kappa shape index (κ1) is 11.7. The van der Waals surface area contributed by atoms with Crippen LogP contribution in [0.3, 0.4) is 0 Å². The molecular weight excluding hydrogens is 239 g/mol. The van der Waals surface area contributed by atoms with E-state index >= 15 is 0 Å². The number of benzene rings is 2. The highest BCUT2D eigenvalue weighted by Crippen LogP contribution is 2.29. The van der Waals surface area contributed by atoms with Crippen molar-refractivity contribution in [3.05, 3.63) is 52.8 Å². The lowest BCUT2D eigenvalue weighted by molar-refractivity contribution is 0.628. The molecule has 3 N–H and O–H groups in total. The minimum absolute atomic E-state index is 0.332. The molecule has 4 heteroatoms. The Morgan fingerprint density at radius 1 is 1.18 bits per heavy atom. The van der Waals surface area contributed by atoms with Crippen molar-refractivity contribution in [2.45, 2.75) is 6.92 Å². The number of nitrogens with two attached hydrogens (primary N) is 1. The lowest BCUT2D eigenvalue weighted by Crippen LogP contribution is -1.98. The van der Waals surface area contributed by atoms with Crippen molar-refractivity contribution in [2.24, 2.45) is 0 Å². The molecule has 0 spiro atoms. The number of hydrogen-bond donors (Lipinski definition) is 2. The first-order chi connectivity index (χ1) is 8.08. The lowest BCUT2D eigenvalue weighted by Gasteiger charge is -2.12. The van der Waals surface area contributed by atoms with E-state index in [1.807, 2.05) is 19.1 Å². The zero-order chi connectivity index (χ0) is 12.4. The van der Waals surface area contributed by atoms with Gasteiger partial charge in [0.2, 0.25) is 0 Å². The Hall–Kier alpha value is -1.74. The van der Waals surface area contributed by atoms with Crippen LogP contribution in [0.2, 0.25) is 5.02 Å². The van der Waals surface area contributed by atoms with Crippen molar-refractivity contribution < 1.29 is 4.39 Å². The Morgan fingerprint density at radius 3 is 2.71 bits per heavy atom. The Bertz CT molecular complexity index is 555. The van der Waals surface area contributed by atoms with E-state index in [2.05, 4.69) is 5.32 Å². The fourth-order valence-electron chi connectivity index (χ4n) is 1.52. The van der Waals surface area contributed by atoms with Gasteiger partial charge >= 0.3 is 0 Å². The van der Waals surface area contributed by atoms with Crippen molar-refractivity contribution >= 4 is 28.7 Å². The fraction of sp³-hybridized carbons (Fsp3) is 0.0769. The third kappa shape index (κ3) is 2.50. The number of halogens is 2. The Labute approximate surface area is 104 Å². The van der Waals surface area contributed by atoms with E-state index in [1.165, 1.54) is 18.2 Å². The summed E-state index contributed by atoms with van der Waals surface area (Å²) in [7, 11) is 0. The molecule has 0 radical (unpaired) electrons. The molecule has 0 aliphatic heterocycles. The first-order valence-electron chi connectivity index (χ1n) is 5.15. The maximum Gasteiger partial charge on any atom is 0.125 e. The van der Waals surface area contributed by atoms with Crippen LogP contribution in [-0.2, 0) is 0 Å². The van der Waals surface area contributed by atoms with E-state index < -0.39 is 0 Å². The highest BCUT2D eigenvalue weighted by Gasteiger charge is 2.05. The summed E-state index contributed by atoms with van der Waals surface area (Å²) >= 11 is 6.01. The second-order valence-electron chi connectivity index (χ2n) is 3.77. The van der Waals surface area contributed by atoms with E-state index in [4.69, 9.17) is 17.3 Å². The maximum absolute atomic E-state index is 13.1. The number of nitrogens with one attached hydrogen (secondary N) is 1. The molecule has 0 bridgehead atoms. The topological polar surface area (TPSA) is 38.0 Å². The average molecular weight is 251 g/mol. The molecule has 2 aromatic carbocycles. The molecule has 0 heterocycles. The summed E-state index contributed by atoms with van der Waals surface area (Å²) in [4.78, 5) is 0. The Morgan fingerprint density at radius 2 is 1.94 bits per heavy atom. The van der Waals surface area contributed by atoms with Gasteiger partial charge in [0.15, 0.2) is 0 Å². The summed E-state index contributed by atoms with van der Waals surface area (Å²) in [6.07, 6.45) is 0. The van der Waals surface area contributed by atoms with Crippen LogP contribution in [0.5, 0.6) is 0 Å². The van der Waals surface area contributed by atoms with Crippen LogP contribution in [0.15, 0.2) is 36.4 Å².